The van der Waals surface area contributed by atoms with E-state index in [1.807, 2.05) is 44.6 Å². The molecule has 0 aromatic heterocycles. The van der Waals surface area contributed by atoms with Crippen LogP contribution in [0, 0.1) is 0 Å². The highest BCUT2D eigenvalue weighted by Gasteiger charge is 2.31. The number of hydrogen-bond donors (Lipinski definition) is 1. The van der Waals surface area contributed by atoms with Crippen LogP contribution in [0.15, 0.2) is 48.2 Å². The van der Waals surface area contributed by atoms with Gasteiger partial charge in [0.15, 0.2) is 0 Å². The summed E-state index contributed by atoms with van der Waals surface area (Å²) in [4.78, 5) is 29.1. The molecule has 1 N–H and O–H groups in total. The minimum absolute atomic E-state index is 0.161. The van der Waals surface area contributed by atoms with Crippen LogP contribution in [0.25, 0.3) is 0 Å². The number of para-hydroxylation sites is 2. The van der Waals surface area contributed by atoms with Gasteiger partial charge in [-0.3, -0.25) is 9.59 Å². The van der Waals surface area contributed by atoms with Crippen LogP contribution in [0.3, 0.4) is 0 Å². The number of carbonyl (C=O) groups is 2. The van der Waals surface area contributed by atoms with E-state index in [0.717, 1.165) is 16.3 Å². The maximum Gasteiger partial charge on any atom is 0.263 e. The zero-order valence-corrected chi connectivity index (χ0v) is 12.8. The van der Waals surface area contributed by atoms with E-state index in [0.29, 0.717) is 0 Å². The first-order valence-electron chi connectivity index (χ1n) is 6.77. The van der Waals surface area contributed by atoms with Gasteiger partial charge in [0.1, 0.15) is 5.57 Å². The third-order valence-corrected chi connectivity index (χ3v) is 3.37. The molecule has 0 spiro atoms. The van der Waals surface area contributed by atoms with E-state index in [2.05, 4.69) is 0 Å². The second kappa shape index (κ2) is 5.93. The van der Waals surface area contributed by atoms with E-state index >= 15 is 0 Å². The molecule has 21 heavy (non-hydrogen) atoms. The number of fused-ring (bicyclic) bond motifs is 1. The molecule has 0 bridgehead atoms. The monoisotopic (exact) mass is 286 g/mol. The molecule has 2 amide bonds. The van der Waals surface area contributed by atoms with Gasteiger partial charge in [-0.05, 0) is 24.3 Å². The summed E-state index contributed by atoms with van der Waals surface area (Å²) in [7, 11) is 7.28. The summed E-state index contributed by atoms with van der Waals surface area (Å²) in [5.41, 5.74) is 1.61. The Bertz CT molecular complexity index is 589. The molecule has 1 aromatic rings. The van der Waals surface area contributed by atoms with E-state index in [1.54, 1.807) is 26.2 Å². The van der Waals surface area contributed by atoms with Crippen molar-refractivity contribution >= 4 is 23.2 Å². The van der Waals surface area contributed by atoms with Crippen LogP contribution in [0.5, 0.6) is 0 Å². The molecule has 1 heterocycles. The molecule has 5 heteroatoms. The van der Waals surface area contributed by atoms with Crippen molar-refractivity contribution in [2.75, 3.05) is 38.0 Å². The van der Waals surface area contributed by atoms with Crippen LogP contribution in [0.4, 0.5) is 11.4 Å². The lowest BCUT2D eigenvalue weighted by Gasteiger charge is -2.19. The second-order valence-electron chi connectivity index (χ2n) is 5.23. The Balaban J connectivity index is 2.49. The lowest BCUT2D eigenvalue weighted by Crippen LogP contribution is -3.00. The molecule has 2 rings (SSSR count). The molecule has 1 aromatic carbocycles. The summed E-state index contributed by atoms with van der Waals surface area (Å²) in [5.74, 6) is -0.592. The summed E-state index contributed by atoms with van der Waals surface area (Å²) >= 11 is 0. The Kier molecular flexibility index (Phi) is 4.23. The standard InChI is InChI=1S/C16H19N3O2/c1-17(2)11-7-8-12-15(20)18(3)13-9-5-6-10-14(13)19(4)16(12)21/h5-11H,1-4H3/p+1. The first-order chi connectivity index (χ1) is 9.93. The highest BCUT2D eigenvalue weighted by Crippen LogP contribution is 2.32. The highest BCUT2D eigenvalue weighted by molar-refractivity contribution is 6.30. The predicted octanol–water partition coefficient (Wildman–Crippen LogP) is 0.210. The number of anilines is 2. The number of benzene rings is 1. The van der Waals surface area contributed by atoms with Crippen LogP contribution < -0.4 is 14.7 Å². The molecule has 5 nitrogen and oxygen atoms in total. The van der Waals surface area contributed by atoms with Gasteiger partial charge in [0.05, 0.1) is 31.7 Å². The maximum absolute atomic E-state index is 12.5. The van der Waals surface area contributed by atoms with Crippen LogP contribution in [0.1, 0.15) is 0 Å². The lowest BCUT2D eigenvalue weighted by molar-refractivity contribution is -0.801. The first kappa shape index (κ1) is 15.0. The molecule has 0 saturated heterocycles. The van der Waals surface area contributed by atoms with E-state index in [-0.39, 0.29) is 17.4 Å². The second-order valence-corrected chi connectivity index (χ2v) is 5.23. The third-order valence-electron chi connectivity index (χ3n) is 3.37. The van der Waals surface area contributed by atoms with Gasteiger partial charge in [-0.1, -0.05) is 12.1 Å². The van der Waals surface area contributed by atoms with Crippen molar-refractivity contribution in [1.82, 2.24) is 0 Å². The number of quaternary nitrogens is 1. The topological polar surface area (TPSA) is 45.1 Å². The minimum atomic E-state index is -0.296. The molecule has 0 radical (unpaired) electrons. The Morgan fingerprint density at radius 1 is 0.952 bits per heavy atom. The number of amides is 2. The molecular weight excluding hydrogens is 266 g/mol. The van der Waals surface area contributed by atoms with Gasteiger partial charge in [-0.2, -0.15) is 0 Å². The number of nitrogens with one attached hydrogen (secondary N) is 1. The lowest BCUT2D eigenvalue weighted by atomic mass is 10.2. The SMILES string of the molecule is CN1C(=O)C(=CC=C[NH+](C)C)C(=O)N(C)c2ccccc21. The smallest absolute Gasteiger partial charge is 0.263 e. The van der Waals surface area contributed by atoms with E-state index in [4.69, 9.17) is 0 Å². The zero-order chi connectivity index (χ0) is 15.6. The molecule has 1 aliphatic heterocycles. The number of likely N-dealkylation sites (N-methyl/N-ethyl adjacent to an activating group) is 2. The van der Waals surface area contributed by atoms with Crippen molar-refractivity contribution < 1.29 is 14.5 Å². The van der Waals surface area contributed by atoms with Gasteiger partial charge in [0.2, 0.25) is 0 Å². The maximum atomic E-state index is 12.5. The molecule has 0 atom stereocenters. The van der Waals surface area contributed by atoms with Gasteiger partial charge in [0.25, 0.3) is 11.8 Å². The Labute approximate surface area is 124 Å². The Hall–Kier alpha value is -2.40. The number of hydrogen-bond acceptors (Lipinski definition) is 2. The van der Waals surface area contributed by atoms with Crippen LogP contribution in [-0.2, 0) is 9.59 Å². The molecular formula is C16H20N3O2+. The van der Waals surface area contributed by atoms with Gasteiger partial charge < -0.3 is 14.7 Å². The van der Waals surface area contributed by atoms with E-state index in [9.17, 15) is 9.59 Å². The van der Waals surface area contributed by atoms with Crippen molar-refractivity contribution in [3.05, 3.63) is 48.2 Å². The summed E-state index contributed by atoms with van der Waals surface area (Å²) in [5, 5.41) is 0. The third kappa shape index (κ3) is 2.87. The Morgan fingerprint density at radius 2 is 1.43 bits per heavy atom. The molecule has 1 aliphatic rings. The molecule has 110 valence electrons. The average Bonchev–Trinajstić information content (AvgIpc) is 2.53. The predicted molar refractivity (Wildman–Crippen MR) is 83.3 cm³/mol. The normalized spacial score (nSPS) is 15.8. The highest BCUT2D eigenvalue weighted by atomic mass is 16.2. The fraction of sp³-hybridized carbons (Fsp3) is 0.250. The van der Waals surface area contributed by atoms with Crippen molar-refractivity contribution in [2.45, 2.75) is 0 Å². The fourth-order valence-electron chi connectivity index (χ4n) is 2.18. The summed E-state index contributed by atoms with van der Waals surface area (Å²) in [6.45, 7) is 0. The molecule has 0 aliphatic carbocycles. The summed E-state index contributed by atoms with van der Waals surface area (Å²) in [6.07, 6.45) is 5.18. The van der Waals surface area contributed by atoms with Crippen molar-refractivity contribution in [3.8, 4) is 0 Å². The fourth-order valence-corrected chi connectivity index (χ4v) is 2.18. The minimum Gasteiger partial charge on any atom is -0.314 e. The first-order valence-corrected chi connectivity index (χ1v) is 6.77. The van der Waals surface area contributed by atoms with Crippen molar-refractivity contribution in [1.29, 1.82) is 0 Å². The average molecular weight is 286 g/mol. The number of nitrogens with zero attached hydrogens (tertiary/aromatic N) is 2. The molecule has 0 saturated carbocycles. The zero-order valence-electron chi connectivity index (χ0n) is 12.8. The molecule has 0 fully saturated rings. The van der Waals surface area contributed by atoms with E-state index in [1.165, 1.54) is 9.80 Å². The van der Waals surface area contributed by atoms with Crippen LogP contribution in [0.2, 0.25) is 0 Å². The van der Waals surface area contributed by atoms with E-state index < -0.39 is 0 Å². The molecule has 0 unspecified atom stereocenters. The number of rotatable bonds is 2. The van der Waals surface area contributed by atoms with Crippen LogP contribution in [-0.4, -0.2) is 40.0 Å². The summed E-state index contributed by atoms with van der Waals surface area (Å²) < 4.78 is 0. The number of carbonyl (C=O) groups excluding carboxylic acids is 2. The van der Waals surface area contributed by atoms with Crippen LogP contribution >= 0.6 is 0 Å². The van der Waals surface area contributed by atoms with Crippen molar-refractivity contribution in [3.63, 3.8) is 0 Å². The number of allylic oxidation sites excluding steroid dienone is 2. The van der Waals surface area contributed by atoms with Gasteiger partial charge >= 0.3 is 0 Å². The van der Waals surface area contributed by atoms with Gasteiger partial charge in [0, 0.05) is 14.1 Å². The Morgan fingerprint density at radius 3 is 1.86 bits per heavy atom. The summed E-state index contributed by atoms with van der Waals surface area (Å²) in [6, 6.07) is 7.37. The quantitative estimate of drug-likeness (QED) is 0.624. The van der Waals surface area contributed by atoms with Gasteiger partial charge in [-0.25, -0.2) is 0 Å². The van der Waals surface area contributed by atoms with Crippen molar-refractivity contribution in [2.24, 2.45) is 0 Å². The largest absolute Gasteiger partial charge is 0.314 e. The van der Waals surface area contributed by atoms with Gasteiger partial charge in [-0.15, -0.1) is 0 Å².